The van der Waals surface area contributed by atoms with Gasteiger partial charge >= 0.3 is 0 Å². The summed E-state index contributed by atoms with van der Waals surface area (Å²) in [5, 5.41) is 5.22. The van der Waals surface area contributed by atoms with Crippen LogP contribution in [0, 0.1) is 0 Å². The fraction of sp³-hybridized carbons (Fsp3) is 0.300. The van der Waals surface area contributed by atoms with Gasteiger partial charge in [0.15, 0.2) is 0 Å². The Labute approximate surface area is 97.6 Å². The molecule has 1 heterocycles. The van der Waals surface area contributed by atoms with E-state index < -0.39 is 0 Å². The van der Waals surface area contributed by atoms with Crippen LogP contribution < -0.4 is 0 Å². The van der Waals surface area contributed by atoms with Crippen LogP contribution in [-0.4, -0.2) is 23.9 Å². The van der Waals surface area contributed by atoms with Crippen molar-refractivity contribution in [1.82, 2.24) is 4.90 Å². The van der Waals surface area contributed by atoms with Gasteiger partial charge in [0.25, 0.3) is 0 Å². The lowest BCUT2D eigenvalue weighted by molar-refractivity contribution is -0.129. The summed E-state index contributed by atoms with van der Waals surface area (Å²) in [4.78, 5) is 16.9. The van der Waals surface area contributed by atoms with Gasteiger partial charge in [-0.1, -0.05) is 17.3 Å². The predicted octanol–water partition coefficient (Wildman–Crippen LogP) is 2.57. The summed E-state index contributed by atoms with van der Waals surface area (Å²) in [7, 11) is 0. The van der Waals surface area contributed by atoms with Crippen LogP contribution >= 0.6 is 11.3 Å². The monoisotopic (exact) mass is 236 g/mol. The van der Waals surface area contributed by atoms with Crippen LogP contribution in [0.15, 0.2) is 35.3 Å². The number of hydrogen-bond donors (Lipinski definition) is 0. The summed E-state index contributed by atoms with van der Waals surface area (Å²) in [5.74, 6) is -0.189. The lowest BCUT2D eigenvalue weighted by Crippen LogP contribution is -2.32. The molecule has 1 amide bonds. The van der Waals surface area contributed by atoms with E-state index >= 15 is 0 Å². The molecule has 0 unspecified atom stereocenters. The third-order valence-corrected chi connectivity index (χ3v) is 2.76. The van der Waals surface area contributed by atoms with E-state index in [1.54, 1.807) is 22.3 Å². The molecule has 1 rings (SSSR count). The second-order valence-electron chi connectivity index (χ2n) is 3.03. The van der Waals surface area contributed by atoms with Gasteiger partial charge in [-0.15, -0.1) is 17.9 Å². The van der Waals surface area contributed by atoms with E-state index in [-0.39, 0.29) is 12.5 Å². The molecule has 5 nitrogen and oxygen atoms in total. The number of carbonyl (C=O) groups excluding carboxylic acids is 1. The summed E-state index contributed by atoms with van der Waals surface area (Å²) in [5.41, 5.74) is 8.15. The Kier molecular flexibility index (Phi) is 5.11. The third kappa shape index (κ3) is 3.76. The number of azide groups is 1. The number of hydrogen-bond acceptors (Lipinski definition) is 3. The van der Waals surface area contributed by atoms with Crippen LogP contribution in [0.5, 0.6) is 0 Å². The molecule has 0 fully saturated rings. The molecule has 0 saturated heterocycles. The van der Waals surface area contributed by atoms with Crippen molar-refractivity contribution in [2.75, 3.05) is 13.1 Å². The number of nitrogens with zero attached hydrogens (tertiary/aromatic N) is 4. The molecule has 0 radical (unpaired) electrons. The quantitative estimate of drug-likeness (QED) is 0.324. The Balaban J connectivity index is 2.62. The maximum Gasteiger partial charge on any atom is 0.229 e. The van der Waals surface area contributed by atoms with Crippen molar-refractivity contribution in [3.63, 3.8) is 0 Å². The van der Waals surface area contributed by atoms with Gasteiger partial charge < -0.3 is 4.90 Å². The van der Waals surface area contributed by atoms with Crippen molar-refractivity contribution in [1.29, 1.82) is 0 Å². The molecule has 1 aromatic rings. The van der Waals surface area contributed by atoms with E-state index in [1.165, 1.54) is 0 Å². The largest absolute Gasteiger partial charge is 0.334 e. The summed E-state index contributed by atoms with van der Waals surface area (Å²) in [6.45, 7) is 4.44. The van der Waals surface area contributed by atoms with E-state index in [1.807, 2.05) is 17.5 Å². The number of carbonyl (C=O) groups is 1. The van der Waals surface area contributed by atoms with Crippen LogP contribution in [0.1, 0.15) is 4.88 Å². The molecule has 6 heteroatoms. The van der Waals surface area contributed by atoms with Crippen LogP contribution in [0.4, 0.5) is 0 Å². The van der Waals surface area contributed by atoms with Gasteiger partial charge in [0.05, 0.1) is 6.54 Å². The van der Waals surface area contributed by atoms with E-state index in [9.17, 15) is 4.79 Å². The van der Waals surface area contributed by atoms with Gasteiger partial charge in [-0.25, -0.2) is 0 Å². The van der Waals surface area contributed by atoms with Gasteiger partial charge in [0, 0.05) is 16.3 Å². The first-order valence-electron chi connectivity index (χ1n) is 4.70. The Morgan fingerprint density at radius 2 is 2.56 bits per heavy atom. The summed E-state index contributed by atoms with van der Waals surface area (Å²) < 4.78 is 0. The molecule has 0 atom stereocenters. The first kappa shape index (κ1) is 12.3. The summed E-state index contributed by atoms with van der Waals surface area (Å²) >= 11 is 1.59. The van der Waals surface area contributed by atoms with Gasteiger partial charge in [-0.3, -0.25) is 4.79 Å². The molecule has 0 aliphatic heterocycles. The highest BCUT2D eigenvalue weighted by atomic mass is 32.1. The molecular weight excluding hydrogens is 224 g/mol. The first-order valence-corrected chi connectivity index (χ1v) is 5.57. The molecule has 0 aliphatic rings. The minimum atomic E-state index is -0.189. The van der Waals surface area contributed by atoms with Crippen molar-refractivity contribution < 1.29 is 4.79 Å². The molecule has 0 N–H and O–H groups in total. The minimum Gasteiger partial charge on any atom is -0.334 e. The van der Waals surface area contributed by atoms with E-state index in [4.69, 9.17) is 5.53 Å². The second kappa shape index (κ2) is 6.66. The molecule has 84 valence electrons. The molecular formula is C10H12N4OS. The lowest BCUT2D eigenvalue weighted by Gasteiger charge is -2.19. The fourth-order valence-corrected chi connectivity index (χ4v) is 1.91. The Morgan fingerprint density at radius 3 is 3.12 bits per heavy atom. The van der Waals surface area contributed by atoms with Gasteiger partial charge in [-0.05, 0) is 17.0 Å². The highest BCUT2D eigenvalue weighted by Gasteiger charge is 2.11. The zero-order valence-electron chi connectivity index (χ0n) is 8.74. The standard InChI is InChI=1S/C10H12N4OS/c1-2-5-14(10(15)7-12-13-11)8-9-4-3-6-16-9/h2-4,6H,1,5,7-8H2. The number of amides is 1. The lowest BCUT2D eigenvalue weighted by atomic mass is 10.3. The van der Waals surface area contributed by atoms with Gasteiger partial charge in [0.1, 0.15) is 6.54 Å². The third-order valence-electron chi connectivity index (χ3n) is 1.90. The maximum absolute atomic E-state index is 11.6. The van der Waals surface area contributed by atoms with Crippen molar-refractivity contribution >= 4 is 17.2 Å². The normalized spacial score (nSPS) is 9.25. The molecule has 0 aromatic carbocycles. The average Bonchev–Trinajstić information content (AvgIpc) is 2.78. The van der Waals surface area contributed by atoms with Crippen LogP contribution in [0.3, 0.4) is 0 Å². The van der Waals surface area contributed by atoms with E-state index in [0.717, 1.165) is 4.88 Å². The zero-order valence-corrected chi connectivity index (χ0v) is 9.56. The molecule has 0 aliphatic carbocycles. The highest BCUT2D eigenvalue weighted by Crippen LogP contribution is 2.12. The minimum absolute atomic E-state index is 0.143. The number of thiophene rings is 1. The molecule has 16 heavy (non-hydrogen) atoms. The Bertz CT molecular complexity index is 395. The Hall–Kier alpha value is -1.78. The Morgan fingerprint density at radius 1 is 1.75 bits per heavy atom. The average molecular weight is 236 g/mol. The zero-order chi connectivity index (χ0) is 11.8. The fourth-order valence-electron chi connectivity index (χ4n) is 1.19. The molecule has 0 bridgehead atoms. The van der Waals surface area contributed by atoms with Crippen LogP contribution in [-0.2, 0) is 11.3 Å². The summed E-state index contributed by atoms with van der Waals surface area (Å²) in [6.07, 6.45) is 1.65. The van der Waals surface area contributed by atoms with Gasteiger partial charge in [-0.2, -0.15) is 0 Å². The smallest absolute Gasteiger partial charge is 0.229 e. The first-order chi connectivity index (χ1) is 7.77. The molecule has 0 spiro atoms. The van der Waals surface area contributed by atoms with Crippen molar-refractivity contribution in [3.8, 4) is 0 Å². The van der Waals surface area contributed by atoms with Crippen molar-refractivity contribution in [3.05, 3.63) is 45.5 Å². The molecule has 1 aromatic heterocycles. The summed E-state index contributed by atoms with van der Waals surface area (Å²) in [6, 6.07) is 3.89. The maximum atomic E-state index is 11.6. The van der Waals surface area contributed by atoms with Crippen molar-refractivity contribution in [2.24, 2.45) is 5.11 Å². The highest BCUT2D eigenvalue weighted by molar-refractivity contribution is 7.09. The van der Waals surface area contributed by atoms with Crippen LogP contribution in [0.2, 0.25) is 0 Å². The van der Waals surface area contributed by atoms with Crippen molar-refractivity contribution in [2.45, 2.75) is 6.54 Å². The molecule has 0 saturated carbocycles. The topological polar surface area (TPSA) is 69.1 Å². The van der Waals surface area contributed by atoms with E-state index in [0.29, 0.717) is 13.1 Å². The second-order valence-corrected chi connectivity index (χ2v) is 4.06. The van der Waals surface area contributed by atoms with Gasteiger partial charge in [0.2, 0.25) is 5.91 Å². The predicted molar refractivity (Wildman–Crippen MR) is 63.9 cm³/mol. The van der Waals surface area contributed by atoms with Crippen LogP contribution in [0.25, 0.3) is 10.4 Å². The number of rotatable bonds is 6. The SMILES string of the molecule is C=CCN(Cc1cccs1)C(=O)CN=[N+]=[N-]. The van der Waals surface area contributed by atoms with E-state index in [2.05, 4.69) is 16.6 Å².